The Morgan fingerprint density at radius 1 is 1.47 bits per heavy atom. The number of allylic oxidation sites excluding steroid dienone is 4. The van der Waals surface area contributed by atoms with Crippen LogP contribution in [0.15, 0.2) is 37.7 Å². The lowest BCUT2D eigenvalue weighted by Gasteiger charge is -2.10. The van der Waals surface area contributed by atoms with E-state index in [9.17, 15) is 0 Å². The molecule has 0 bridgehead atoms. The summed E-state index contributed by atoms with van der Waals surface area (Å²) in [6.45, 7) is 11.9. The lowest BCUT2D eigenvalue weighted by Crippen LogP contribution is -2.00. The normalized spacial score (nSPS) is 11.5. The molecule has 80 valence electrons. The van der Waals surface area contributed by atoms with Crippen molar-refractivity contribution in [2.24, 2.45) is 0 Å². The fourth-order valence-corrected chi connectivity index (χ4v) is 1.46. The maximum absolute atomic E-state index is 4.33. The van der Waals surface area contributed by atoms with Crippen LogP contribution in [0.5, 0.6) is 0 Å². The zero-order chi connectivity index (χ0) is 11.3. The molecule has 0 fully saturated rings. The first-order valence-corrected chi connectivity index (χ1v) is 5.28. The summed E-state index contributed by atoms with van der Waals surface area (Å²) in [6, 6.07) is 0. The van der Waals surface area contributed by atoms with Gasteiger partial charge in [-0.2, -0.15) is 0 Å². The highest BCUT2D eigenvalue weighted by Crippen LogP contribution is 2.19. The van der Waals surface area contributed by atoms with E-state index in [0.717, 1.165) is 24.2 Å². The van der Waals surface area contributed by atoms with E-state index in [2.05, 4.69) is 36.6 Å². The molecule has 0 aliphatic rings. The van der Waals surface area contributed by atoms with Crippen molar-refractivity contribution < 1.29 is 0 Å². The minimum absolute atomic E-state index is 0.919. The van der Waals surface area contributed by atoms with E-state index in [0.29, 0.717) is 0 Å². The molecule has 15 heavy (non-hydrogen) atoms. The van der Waals surface area contributed by atoms with Crippen LogP contribution >= 0.6 is 0 Å². The first kappa shape index (κ1) is 11.5. The number of hydrogen-bond acceptors (Lipinski definition) is 1. The fraction of sp³-hybridized carbons (Fsp3) is 0.308. The van der Waals surface area contributed by atoms with Gasteiger partial charge in [0.1, 0.15) is 5.82 Å². The van der Waals surface area contributed by atoms with Crippen molar-refractivity contribution in [2.45, 2.75) is 26.7 Å². The lowest BCUT2D eigenvalue weighted by atomic mass is 10.2. The van der Waals surface area contributed by atoms with Gasteiger partial charge in [0.15, 0.2) is 0 Å². The Bertz CT molecular complexity index is 383. The van der Waals surface area contributed by atoms with Gasteiger partial charge in [-0.25, -0.2) is 4.98 Å². The topological polar surface area (TPSA) is 17.8 Å². The van der Waals surface area contributed by atoms with Crippen molar-refractivity contribution >= 4 is 11.3 Å². The Balaban J connectivity index is 3.13. The van der Waals surface area contributed by atoms with E-state index in [4.69, 9.17) is 0 Å². The van der Waals surface area contributed by atoms with Crippen LogP contribution in [-0.4, -0.2) is 9.55 Å². The molecular formula is C13H18N2. The van der Waals surface area contributed by atoms with Gasteiger partial charge in [-0.3, -0.25) is 0 Å². The van der Waals surface area contributed by atoms with Gasteiger partial charge in [0.2, 0.25) is 0 Å². The molecule has 2 heteroatoms. The highest BCUT2D eigenvalue weighted by atomic mass is 15.1. The predicted molar refractivity (Wildman–Crippen MR) is 66.3 cm³/mol. The third-order valence-electron chi connectivity index (χ3n) is 2.37. The monoisotopic (exact) mass is 202 g/mol. The van der Waals surface area contributed by atoms with Crippen molar-refractivity contribution in [2.75, 3.05) is 0 Å². The molecule has 1 aromatic heterocycles. The predicted octanol–water partition coefficient (Wildman–Crippen LogP) is 3.74. The number of imidazole rings is 1. The number of aromatic nitrogens is 2. The molecule has 0 atom stereocenters. The van der Waals surface area contributed by atoms with Gasteiger partial charge >= 0.3 is 0 Å². The Kier molecular flexibility index (Phi) is 4.10. The fourth-order valence-electron chi connectivity index (χ4n) is 1.46. The van der Waals surface area contributed by atoms with E-state index >= 15 is 0 Å². The molecule has 0 aromatic carbocycles. The minimum Gasteiger partial charge on any atom is -0.304 e. The van der Waals surface area contributed by atoms with Crippen LogP contribution in [0.2, 0.25) is 0 Å². The molecule has 0 aliphatic heterocycles. The Morgan fingerprint density at radius 2 is 2.20 bits per heavy atom. The number of rotatable bonds is 5. The molecule has 0 spiro atoms. The standard InChI is InChI=1S/C13H18N2/c1-5-8-12(7-3)15-10-9-14-13(15)11(4)6-2/h5,8-10H,1,4,6-7H2,2-3H3/b12-8+. The molecule has 0 amide bonds. The van der Waals surface area contributed by atoms with Gasteiger partial charge < -0.3 is 4.57 Å². The molecule has 1 rings (SSSR count). The van der Waals surface area contributed by atoms with Crippen LogP contribution in [0.1, 0.15) is 32.5 Å². The second kappa shape index (κ2) is 5.35. The minimum atomic E-state index is 0.919. The summed E-state index contributed by atoms with van der Waals surface area (Å²) in [5, 5.41) is 0. The largest absolute Gasteiger partial charge is 0.304 e. The first-order valence-electron chi connectivity index (χ1n) is 5.28. The van der Waals surface area contributed by atoms with Crippen LogP contribution in [0, 0.1) is 0 Å². The van der Waals surface area contributed by atoms with Crippen LogP contribution in [0.3, 0.4) is 0 Å². The summed E-state index contributed by atoms with van der Waals surface area (Å²) in [5.41, 5.74) is 2.25. The molecule has 1 heterocycles. The summed E-state index contributed by atoms with van der Waals surface area (Å²) in [4.78, 5) is 4.33. The molecule has 0 unspecified atom stereocenters. The maximum Gasteiger partial charge on any atom is 0.139 e. The van der Waals surface area contributed by atoms with Crippen LogP contribution in [0.25, 0.3) is 11.3 Å². The van der Waals surface area contributed by atoms with Gasteiger partial charge in [-0.05, 0) is 24.5 Å². The summed E-state index contributed by atoms with van der Waals surface area (Å²) in [6.07, 6.45) is 9.46. The summed E-state index contributed by atoms with van der Waals surface area (Å²) < 4.78 is 2.08. The Hall–Kier alpha value is -1.57. The zero-order valence-electron chi connectivity index (χ0n) is 9.53. The molecule has 0 saturated carbocycles. The summed E-state index contributed by atoms with van der Waals surface area (Å²) >= 11 is 0. The quantitative estimate of drug-likeness (QED) is 0.665. The summed E-state index contributed by atoms with van der Waals surface area (Å²) in [7, 11) is 0. The molecule has 0 aliphatic carbocycles. The molecule has 0 N–H and O–H groups in total. The molecule has 1 aromatic rings. The maximum atomic E-state index is 4.33. The average Bonchev–Trinajstić information content (AvgIpc) is 2.73. The third-order valence-corrected chi connectivity index (χ3v) is 2.37. The van der Waals surface area contributed by atoms with E-state index in [1.54, 1.807) is 6.08 Å². The first-order chi connectivity index (χ1) is 7.24. The van der Waals surface area contributed by atoms with Crippen molar-refractivity contribution in [1.82, 2.24) is 9.55 Å². The average molecular weight is 202 g/mol. The van der Waals surface area contributed by atoms with Crippen LogP contribution in [0.4, 0.5) is 0 Å². The van der Waals surface area contributed by atoms with Crippen molar-refractivity contribution in [3.63, 3.8) is 0 Å². The van der Waals surface area contributed by atoms with Gasteiger partial charge in [0.05, 0.1) is 0 Å². The van der Waals surface area contributed by atoms with Gasteiger partial charge in [0, 0.05) is 18.1 Å². The SMILES string of the molecule is C=C/C=C(\CC)n1ccnc1C(=C)CC. The Labute approximate surface area is 91.7 Å². The third kappa shape index (κ3) is 2.46. The number of nitrogens with zero attached hydrogens (tertiary/aromatic N) is 2. The van der Waals surface area contributed by atoms with Crippen molar-refractivity contribution in [1.29, 1.82) is 0 Å². The zero-order valence-corrected chi connectivity index (χ0v) is 9.53. The second-order valence-corrected chi connectivity index (χ2v) is 3.33. The van der Waals surface area contributed by atoms with Crippen LogP contribution < -0.4 is 0 Å². The van der Waals surface area contributed by atoms with E-state index in [-0.39, 0.29) is 0 Å². The lowest BCUT2D eigenvalue weighted by molar-refractivity contribution is 0.970. The van der Waals surface area contributed by atoms with Gasteiger partial charge in [0.25, 0.3) is 0 Å². The summed E-state index contributed by atoms with van der Waals surface area (Å²) in [5.74, 6) is 0.951. The van der Waals surface area contributed by atoms with Crippen molar-refractivity contribution in [3.8, 4) is 0 Å². The van der Waals surface area contributed by atoms with Crippen LogP contribution in [-0.2, 0) is 0 Å². The van der Waals surface area contributed by atoms with E-state index in [1.807, 2.05) is 18.5 Å². The van der Waals surface area contributed by atoms with Gasteiger partial charge in [-0.15, -0.1) is 0 Å². The van der Waals surface area contributed by atoms with Gasteiger partial charge in [-0.1, -0.05) is 33.1 Å². The highest BCUT2D eigenvalue weighted by molar-refractivity contribution is 5.62. The van der Waals surface area contributed by atoms with Crippen molar-refractivity contribution in [3.05, 3.63) is 43.5 Å². The molecule has 0 saturated heterocycles. The molecule has 0 radical (unpaired) electrons. The van der Waals surface area contributed by atoms with E-state index < -0.39 is 0 Å². The number of hydrogen-bond donors (Lipinski definition) is 0. The second-order valence-electron chi connectivity index (χ2n) is 3.33. The molecule has 2 nitrogen and oxygen atoms in total. The van der Waals surface area contributed by atoms with E-state index in [1.165, 1.54) is 5.70 Å². The smallest absolute Gasteiger partial charge is 0.139 e. The Morgan fingerprint density at radius 3 is 2.73 bits per heavy atom. The molecular weight excluding hydrogens is 184 g/mol. The highest BCUT2D eigenvalue weighted by Gasteiger charge is 2.07.